The topological polar surface area (TPSA) is 38.2 Å². The Bertz CT molecular complexity index is 561. The quantitative estimate of drug-likeness (QED) is 0.791. The van der Waals surface area contributed by atoms with Gasteiger partial charge in [-0.25, -0.2) is 0 Å². The van der Waals surface area contributed by atoms with Gasteiger partial charge < -0.3 is 9.64 Å². The summed E-state index contributed by atoms with van der Waals surface area (Å²) in [5.41, 5.74) is 2.14. The van der Waals surface area contributed by atoms with Crippen molar-refractivity contribution in [3.63, 3.8) is 0 Å². The van der Waals surface area contributed by atoms with Crippen molar-refractivity contribution in [3.8, 4) is 5.75 Å². The smallest absolute Gasteiger partial charge is 0.153 e. The summed E-state index contributed by atoms with van der Waals surface area (Å²) in [5, 5.41) is 8.05. The average molecular weight is 262 g/mol. The van der Waals surface area contributed by atoms with Gasteiger partial charge in [-0.05, 0) is 6.07 Å². The molecule has 0 spiro atoms. The summed E-state index contributed by atoms with van der Waals surface area (Å²) in [5.74, 6) is 0.952. The number of fused-ring (bicyclic) bond motifs is 1. The molecule has 0 bridgehead atoms. The van der Waals surface area contributed by atoms with Crippen LogP contribution in [0, 0.1) is 0 Å². The minimum absolute atomic E-state index is 0.408. The van der Waals surface area contributed by atoms with Crippen molar-refractivity contribution >= 4 is 17.3 Å². The molecule has 0 aliphatic carbocycles. The molecule has 92 valence electrons. The Hall–Kier alpha value is -1.81. The first kappa shape index (κ1) is 11.3. The molecule has 0 radical (unpaired) electrons. The molecular weight excluding hydrogens is 250 g/mol. The lowest BCUT2D eigenvalue weighted by molar-refractivity contribution is 0.331. The Morgan fingerprint density at radius 2 is 2.17 bits per heavy atom. The first-order valence-electron chi connectivity index (χ1n) is 5.77. The van der Waals surface area contributed by atoms with E-state index >= 15 is 0 Å². The number of benzene rings is 1. The molecule has 18 heavy (non-hydrogen) atoms. The van der Waals surface area contributed by atoms with Crippen LogP contribution in [-0.2, 0) is 6.54 Å². The fourth-order valence-corrected chi connectivity index (χ4v) is 2.21. The standard InChI is InChI=1S/C13H12ClN3O/c14-13-7-11(8-15-16-13)17-5-6-18-12-4-2-1-3-10(12)9-17/h1-4,7-8H,5-6,9H2. The fourth-order valence-electron chi connectivity index (χ4n) is 2.05. The van der Waals surface area contributed by atoms with Crippen molar-refractivity contribution < 1.29 is 4.74 Å². The SMILES string of the molecule is Clc1cc(N2CCOc3ccccc3C2)cnn1. The first-order valence-corrected chi connectivity index (χ1v) is 6.14. The number of hydrogen-bond donors (Lipinski definition) is 0. The molecule has 1 aliphatic heterocycles. The second-order valence-corrected chi connectivity index (χ2v) is 4.50. The lowest BCUT2D eigenvalue weighted by Crippen LogP contribution is -2.25. The zero-order valence-electron chi connectivity index (χ0n) is 9.71. The van der Waals surface area contributed by atoms with Crippen LogP contribution in [0.25, 0.3) is 0 Å². The molecule has 1 aliphatic rings. The van der Waals surface area contributed by atoms with Gasteiger partial charge in [-0.2, -0.15) is 5.10 Å². The largest absolute Gasteiger partial charge is 0.491 e. The first-order chi connectivity index (χ1) is 8.83. The second-order valence-electron chi connectivity index (χ2n) is 4.11. The highest BCUT2D eigenvalue weighted by Gasteiger charge is 2.15. The molecule has 0 saturated carbocycles. The van der Waals surface area contributed by atoms with Crippen LogP contribution in [-0.4, -0.2) is 23.3 Å². The van der Waals surface area contributed by atoms with Crippen molar-refractivity contribution in [2.75, 3.05) is 18.1 Å². The van der Waals surface area contributed by atoms with Crippen molar-refractivity contribution in [2.24, 2.45) is 0 Å². The maximum absolute atomic E-state index is 5.87. The van der Waals surface area contributed by atoms with Crippen LogP contribution in [0.2, 0.25) is 5.15 Å². The molecule has 0 N–H and O–H groups in total. The molecule has 5 heteroatoms. The van der Waals surface area contributed by atoms with E-state index in [9.17, 15) is 0 Å². The van der Waals surface area contributed by atoms with Gasteiger partial charge in [0.05, 0.1) is 18.4 Å². The molecule has 3 rings (SSSR count). The lowest BCUT2D eigenvalue weighted by Gasteiger charge is -2.21. The highest BCUT2D eigenvalue weighted by Crippen LogP contribution is 2.26. The molecule has 4 nitrogen and oxygen atoms in total. The number of ether oxygens (including phenoxy) is 1. The van der Waals surface area contributed by atoms with Crippen LogP contribution >= 0.6 is 11.6 Å². The third-order valence-corrected chi connectivity index (χ3v) is 3.11. The Morgan fingerprint density at radius 1 is 1.28 bits per heavy atom. The second kappa shape index (κ2) is 4.82. The minimum atomic E-state index is 0.408. The van der Waals surface area contributed by atoms with Gasteiger partial charge in [0, 0.05) is 18.2 Å². The van der Waals surface area contributed by atoms with Crippen molar-refractivity contribution in [3.05, 3.63) is 47.2 Å². The maximum atomic E-state index is 5.87. The minimum Gasteiger partial charge on any atom is -0.491 e. The Morgan fingerprint density at radius 3 is 3.06 bits per heavy atom. The number of anilines is 1. The van der Waals surface area contributed by atoms with Crippen LogP contribution < -0.4 is 9.64 Å². The van der Waals surface area contributed by atoms with Gasteiger partial charge in [0.2, 0.25) is 0 Å². The molecule has 0 saturated heterocycles. The van der Waals surface area contributed by atoms with Crippen molar-refractivity contribution in [2.45, 2.75) is 6.54 Å². The van der Waals surface area contributed by atoms with Crippen molar-refractivity contribution in [1.29, 1.82) is 0 Å². The third-order valence-electron chi connectivity index (χ3n) is 2.93. The van der Waals surface area contributed by atoms with Crippen LogP contribution in [0.3, 0.4) is 0 Å². The van der Waals surface area contributed by atoms with E-state index in [1.54, 1.807) is 6.20 Å². The predicted molar refractivity (Wildman–Crippen MR) is 70.0 cm³/mol. The van der Waals surface area contributed by atoms with Gasteiger partial charge in [0.15, 0.2) is 5.15 Å². The molecule has 0 fully saturated rings. The summed E-state index contributed by atoms with van der Waals surface area (Å²) in [4.78, 5) is 2.19. The summed E-state index contributed by atoms with van der Waals surface area (Å²) < 4.78 is 5.72. The van der Waals surface area contributed by atoms with Gasteiger partial charge in [-0.1, -0.05) is 29.8 Å². The zero-order chi connectivity index (χ0) is 12.4. The number of rotatable bonds is 1. The molecule has 1 aromatic heterocycles. The summed E-state index contributed by atoms with van der Waals surface area (Å²) in [6, 6.07) is 9.89. The van der Waals surface area contributed by atoms with Gasteiger partial charge in [0.1, 0.15) is 12.4 Å². The Balaban J connectivity index is 1.91. The number of nitrogens with zero attached hydrogens (tertiary/aromatic N) is 3. The molecule has 2 heterocycles. The van der Waals surface area contributed by atoms with E-state index in [1.807, 2.05) is 24.3 Å². The van der Waals surface area contributed by atoms with E-state index in [4.69, 9.17) is 16.3 Å². The Kier molecular flexibility index (Phi) is 3.02. The number of hydrogen-bond acceptors (Lipinski definition) is 4. The van der Waals surface area contributed by atoms with Crippen LogP contribution in [0.15, 0.2) is 36.5 Å². The van der Waals surface area contributed by atoms with E-state index < -0.39 is 0 Å². The summed E-state index contributed by atoms with van der Waals surface area (Å²) in [7, 11) is 0. The number of aromatic nitrogens is 2. The molecule has 1 aromatic carbocycles. The normalized spacial score (nSPS) is 14.6. The lowest BCUT2D eigenvalue weighted by atomic mass is 10.2. The zero-order valence-corrected chi connectivity index (χ0v) is 10.5. The van der Waals surface area contributed by atoms with Gasteiger partial charge in [-0.15, -0.1) is 5.10 Å². The van der Waals surface area contributed by atoms with E-state index in [0.717, 1.165) is 24.5 Å². The molecule has 0 unspecified atom stereocenters. The van der Waals surface area contributed by atoms with E-state index in [0.29, 0.717) is 11.8 Å². The van der Waals surface area contributed by atoms with Crippen LogP contribution in [0.1, 0.15) is 5.56 Å². The average Bonchev–Trinajstić information content (AvgIpc) is 2.60. The molecule has 0 atom stereocenters. The Labute approximate surface area is 110 Å². The molecular formula is C13H12ClN3O. The van der Waals surface area contributed by atoms with Crippen molar-refractivity contribution in [1.82, 2.24) is 10.2 Å². The van der Waals surface area contributed by atoms with Gasteiger partial charge >= 0.3 is 0 Å². The number of para-hydroxylation sites is 1. The highest BCUT2D eigenvalue weighted by atomic mass is 35.5. The van der Waals surface area contributed by atoms with Crippen LogP contribution in [0.4, 0.5) is 5.69 Å². The summed E-state index contributed by atoms with van der Waals surface area (Å²) in [6.07, 6.45) is 1.72. The third kappa shape index (κ3) is 2.24. The monoisotopic (exact) mass is 261 g/mol. The van der Waals surface area contributed by atoms with Gasteiger partial charge in [0.25, 0.3) is 0 Å². The molecule has 0 amide bonds. The summed E-state index contributed by atoms with van der Waals surface area (Å²) in [6.45, 7) is 2.24. The van der Waals surface area contributed by atoms with E-state index in [1.165, 1.54) is 5.56 Å². The highest BCUT2D eigenvalue weighted by molar-refractivity contribution is 6.29. The van der Waals surface area contributed by atoms with Crippen LogP contribution in [0.5, 0.6) is 5.75 Å². The predicted octanol–water partition coefficient (Wildman–Crippen LogP) is 2.53. The van der Waals surface area contributed by atoms with E-state index in [2.05, 4.69) is 21.2 Å². The molecule has 2 aromatic rings. The maximum Gasteiger partial charge on any atom is 0.153 e. The fraction of sp³-hybridized carbons (Fsp3) is 0.231. The number of halogens is 1. The van der Waals surface area contributed by atoms with Gasteiger partial charge in [-0.3, -0.25) is 0 Å². The van der Waals surface area contributed by atoms with E-state index in [-0.39, 0.29) is 0 Å². The summed E-state index contributed by atoms with van der Waals surface area (Å²) >= 11 is 5.87.